The van der Waals surface area contributed by atoms with Gasteiger partial charge >= 0.3 is 0 Å². The molecule has 1 aliphatic rings. The number of pyridine rings is 1. The number of carbonyl (C=O) groups is 1. The topological polar surface area (TPSA) is 74.2 Å². The first-order valence-corrected chi connectivity index (χ1v) is 8.37. The molecule has 25 heavy (non-hydrogen) atoms. The lowest BCUT2D eigenvalue weighted by molar-refractivity contribution is -0.116. The molecule has 5 nitrogen and oxygen atoms in total. The summed E-state index contributed by atoms with van der Waals surface area (Å²) in [4.78, 5) is 16.6. The lowest BCUT2D eigenvalue weighted by Gasteiger charge is -2.26. The van der Waals surface area contributed by atoms with E-state index in [4.69, 9.17) is 0 Å². The van der Waals surface area contributed by atoms with Crippen molar-refractivity contribution in [3.8, 4) is 0 Å². The number of carbonyl (C=O) groups excluding carboxylic acids is 1. The Morgan fingerprint density at radius 3 is 2.84 bits per heavy atom. The molecule has 4 rings (SSSR count). The van der Waals surface area contributed by atoms with Crippen molar-refractivity contribution in [2.45, 2.75) is 18.9 Å². The average molecular weight is 333 g/mol. The summed E-state index contributed by atoms with van der Waals surface area (Å²) in [6.07, 6.45) is 0.437. The van der Waals surface area contributed by atoms with Crippen LogP contribution in [0.25, 0.3) is 10.9 Å². The first-order chi connectivity index (χ1) is 12.2. The average Bonchev–Trinajstić information content (AvgIpc) is 2.65. The SMILES string of the molecule is O=C1C[C@@H](CNc2nc3ccccc3cc2CO)c2ccccc2N1. The molecule has 0 aliphatic carbocycles. The molecule has 1 aromatic heterocycles. The molecule has 0 saturated carbocycles. The summed E-state index contributed by atoms with van der Waals surface area (Å²) in [5, 5.41) is 16.9. The molecule has 2 heterocycles. The summed E-state index contributed by atoms with van der Waals surface area (Å²) in [6, 6.07) is 17.6. The van der Waals surface area contributed by atoms with Crippen LogP contribution in [0.4, 0.5) is 11.5 Å². The second-order valence-corrected chi connectivity index (χ2v) is 6.26. The smallest absolute Gasteiger partial charge is 0.225 e. The van der Waals surface area contributed by atoms with Crippen LogP contribution in [0.15, 0.2) is 54.6 Å². The van der Waals surface area contributed by atoms with Gasteiger partial charge in [0.15, 0.2) is 0 Å². The van der Waals surface area contributed by atoms with Crippen LogP contribution in [0, 0.1) is 0 Å². The van der Waals surface area contributed by atoms with Crippen molar-refractivity contribution < 1.29 is 9.90 Å². The van der Waals surface area contributed by atoms with Gasteiger partial charge in [-0.2, -0.15) is 0 Å². The molecule has 1 atom stereocenters. The molecule has 0 saturated heterocycles. The molecule has 3 N–H and O–H groups in total. The number of amides is 1. The summed E-state index contributed by atoms with van der Waals surface area (Å²) in [5.74, 6) is 0.772. The number of nitrogens with one attached hydrogen (secondary N) is 2. The molecule has 0 radical (unpaired) electrons. The van der Waals surface area contributed by atoms with E-state index < -0.39 is 0 Å². The Morgan fingerprint density at radius 1 is 1.16 bits per heavy atom. The van der Waals surface area contributed by atoms with Crippen LogP contribution in [0.1, 0.15) is 23.5 Å². The van der Waals surface area contributed by atoms with E-state index in [0.29, 0.717) is 18.8 Å². The summed E-state index contributed by atoms with van der Waals surface area (Å²) < 4.78 is 0. The number of hydrogen-bond acceptors (Lipinski definition) is 4. The van der Waals surface area contributed by atoms with Gasteiger partial charge in [-0.15, -0.1) is 0 Å². The summed E-state index contributed by atoms with van der Waals surface area (Å²) in [7, 11) is 0. The molecule has 1 amide bonds. The molecular weight excluding hydrogens is 314 g/mol. The van der Waals surface area contributed by atoms with Crippen molar-refractivity contribution in [1.82, 2.24) is 4.98 Å². The summed E-state index contributed by atoms with van der Waals surface area (Å²) >= 11 is 0. The van der Waals surface area contributed by atoms with E-state index in [1.54, 1.807) is 0 Å². The van der Waals surface area contributed by atoms with Gasteiger partial charge < -0.3 is 15.7 Å². The van der Waals surface area contributed by atoms with Crippen molar-refractivity contribution in [3.05, 3.63) is 65.7 Å². The molecule has 1 aliphatic heterocycles. The number of para-hydroxylation sites is 2. The quantitative estimate of drug-likeness (QED) is 0.685. The minimum absolute atomic E-state index is 0.0272. The fraction of sp³-hybridized carbons (Fsp3) is 0.200. The number of fused-ring (bicyclic) bond motifs is 2. The lowest BCUT2D eigenvalue weighted by Crippen LogP contribution is -2.27. The van der Waals surface area contributed by atoms with Gasteiger partial charge in [-0.25, -0.2) is 4.98 Å². The van der Waals surface area contributed by atoms with E-state index in [-0.39, 0.29) is 18.4 Å². The van der Waals surface area contributed by atoms with Gasteiger partial charge in [0.25, 0.3) is 0 Å². The molecular formula is C20H19N3O2. The zero-order valence-electron chi connectivity index (χ0n) is 13.7. The maximum absolute atomic E-state index is 12.0. The normalized spacial score (nSPS) is 16.4. The van der Waals surface area contributed by atoms with Crippen LogP contribution in [-0.2, 0) is 11.4 Å². The zero-order valence-corrected chi connectivity index (χ0v) is 13.7. The van der Waals surface area contributed by atoms with Crippen molar-refractivity contribution in [3.63, 3.8) is 0 Å². The molecule has 0 bridgehead atoms. The highest BCUT2D eigenvalue weighted by Crippen LogP contribution is 2.32. The van der Waals surface area contributed by atoms with Crippen LogP contribution in [-0.4, -0.2) is 22.5 Å². The Balaban J connectivity index is 1.61. The fourth-order valence-corrected chi connectivity index (χ4v) is 3.34. The number of nitrogens with zero attached hydrogens (tertiary/aromatic N) is 1. The van der Waals surface area contributed by atoms with E-state index in [1.807, 2.05) is 54.6 Å². The van der Waals surface area contributed by atoms with Gasteiger partial charge in [0.05, 0.1) is 12.1 Å². The van der Waals surface area contributed by atoms with Gasteiger partial charge in [0, 0.05) is 35.5 Å². The van der Waals surface area contributed by atoms with Crippen LogP contribution >= 0.6 is 0 Å². The minimum Gasteiger partial charge on any atom is -0.392 e. The van der Waals surface area contributed by atoms with E-state index in [9.17, 15) is 9.90 Å². The summed E-state index contributed by atoms with van der Waals surface area (Å²) in [6.45, 7) is 0.505. The predicted octanol–water partition coefficient (Wildman–Crippen LogP) is 3.27. The number of aliphatic hydroxyl groups excluding tert-OH is 1. The molecule has 126 valence electrons. The highest BCUT2D eigenvalue weighted by atomic mass is 16.3. The predicted molar refractivity (Wildman–Crippen MR) is 98.6 cm³/mol. The van der Waals surface area contributed by atoms with Crippen LogP contribution in [0.3, 0.4) is 0 Å². The monoisotopic (exact) mass is 333 g/mol. The fourth-order valence-electron chi connectivity index (χ4n) is 3.34. The number of rotatable bonds is 4. The molecule has 5 heteroatoms. The van der Waals surface area contributed by atoms with Crippen molar-refractivity contribution in [2.75, 3.05) is 17.2 Å². The molecule has 0 unspecified atom stereocenters. The standard InChI is InChI=1S/C20H19N3O2/c24-12-15-9-13-5-1-3-7-17(13)23-20(15)21-11-14-10-19(25)22-18-8-4-2-6-16(14)18/h1-9,14,24H,10-12H2,(H,21,23)(H,22,25)/t14-/m0/s1. The first-order valence-electron chi connectivity index (χ1n) is 8.37. The minimum atomic E-state index is -0.0814. The van der Waals surface area contributed by atoms with Gasteiger partial charge in [-0.3, -0.25) is 4.79 Å². The number of aromatic nitrogens is 1. The number of benzene rings is 2. The summed E-state index contributed by atoms with van der Waals surface area (Å²) in [5.41, 5.74) is 3.64. The van der Waals surface area contributed by atoms with Crippen molar-refractivity contribution in [1.29, 1.82) is 0 Å². The Labute approximate surface area is 145 Å². The molecule has 0 spiro atoms. The lowest BCUT2D eigenvalue weighted by atomic mass is 9.90. The molecule has 3 aromatic rings. The number of anilines is 2. The van der Waals surface area contributed by atoms with E-state index >= 15 is 0 Å². The third-order valence-electron chi connectivity index (χ3n) is 4.60. The molecule has 0 fully saturated rings. The van der Waals surface area contributed by atoms with Crippen LogP contribution < -0.4 is 10.6 Å². The first kappa shape index (κ1) is 15.6. The number of hydrogen-bond donors (Lipinski definition) is 3. The van der Waals surface area contributed by atoms with E-state index in [2.05, 4.69) is 15.6 Å². The highest BCUT2D eigenvalue weighted by molar-refractivity contribution is 5.94. The highest BCUT2D eigenvalue weighted by Gasteiger charge is 2.24. The zero-order chi connectivity index (χ0) is 17.2. The largest absolute Gasteiger partial charge is 0.392 e. The van der Waals surface area contributed by atoms with Crippen LogP contribution in [0.2, 0.25) is 0 Å². The van der Waals surface area contributed by atoms with Gasteiger partial charge in [0.1, 0.15) is 5.82 Å². The van der Waals surface area contributed by atoms with Gasteiger partial charge in [-0.05, 0) is 23.8 Å². The Morgan fingerprint density at radius 2 is 1.96 bits per heavy atom. The van der Waals surface area contributed by atoms with Gasteiger partial charge in [-0.1, -0.05) is 36.4 Å². The van der Waals surface area contributed by atoms with Gasteiger partial charge in [0.2, 0.25) is 5.91 Å². The third-order valence-corrected chi connectivity index (χ3v) is 4.60. The maximum atomic E-state index is 12.0. The Hall–Kier alpha value is -2.92. The van der Waals surface area contributed by atoms with E-state index in [0.717, 1.165) is 27.7 Å². The Bertz CT molecular complexity index is 939. The second-order valence-electron chi connectivity index (χ2n) is 6.26. The third kappa shape index (κ3) is 3.06. The number of aliphatic hydroxyl groups is 1. The molecule has 2 aromatic carbocycles. The Kier molecular flexibility index (Phi) is 4.07. The van der Waals surface area contributed by atoms with Crippen molar-refractivity contribution in [2.24, 2.45) is 0 Å². The maximum Gasteiger partial charge on any atom is 0.225 e. The van der Waals surface area contributed by atoms with Crippen molar-refractivity contribution >= 4 is 28.3 Å². The van der Waals surface area contributed by atoms with E-state index in [1.165, 1.54) is 0 Å². The second kappa shape index (κ2) is 6.53. The van der Waals surface area contributed by atoms with Crippen LogP contribution in [0.5, 0.6) is 0 Å².